The highest BCUT2D eigenvalue weighted by molar-refractivity contribution is 7.18. The van der Waals surface area contributed by atoms with E-state index < -0.39 is 0 Å². The van der Waals surface area contributed by atoms with Gasteiger partial charge in [0, 0.05) is 0 Å². The van der Waals surface area contributed by atoms with Gasteiger partial charge in [-0.2, -0.15) is 0 Å². The van der Waals surface area contributed by atoms with Crippen molar-refractivity contribution in [2.75, 3.05) is 0 Å². The van der Waals surface area contributed by atoms with E-state index in [9.17, 15) is 0 Å². The van der Waals surface area contributed by atoms with E-state index in [0.717, 1.165) is 23.7 Å². The highest BCUT2D eigenvalue weighted by atomic mass is 31.0. The summed E-state index contributed by atoms with van der Waals surface area (Å²) in [4.78, 5) is 0. The van der Waals surface area contributed by atoms with Crippen LogP contribution in [0.3, 0.4) is 0 Å². The van der Waals surface area contributed by atoms with Crippen LogP contribution in [-0.4, -0.2) is 5.16 Å². The van der Waals surface area contributed by atoms with Crippen molar-refractivity contribution in [3.8, 4) is 0 Å². The summed E-state index contributed by atoms with van der Waals surface area (Å²) >= 11 is 0. The number of hydrogen-bond donors (Lipinski definition) is 0. The summed E-state index contributed by atoms with van der Waals surface area (Å²) in [5.41, 5.74) is 1.47. The lowest BCUT2D eigenvalue weighted by atomic mass is 9.57. The first-order valence-electron chi connectivity index (χ1n) is 13.9. The van der Waals surface area contributed by atoms with Crippen molar-refractivity contribution in [1.29, 1.82) is 0 Å². The third-order valence-corrected chi connectivity index (χ3v) is 10.3. The zero-order valence-electron chi connectivity index (χ0n) is 23.7. The molecule has 31 heavy (non-hydrogen) atoms. The van der Waals surface area contributed by atoms with Crippen molar-refractivity contribution >= 4 is 9.24 Å². The molecule has 0 N–H and O–H groups in total. The molecule has 7 atom stereocenters. The van der Waals surface area contributed by atoms with Crippen LogP contribution in [0, 0.1) is 39.9 Å². The summed E-state index contributed by atoms with van der Waals surface area (Å²) in [7, 11) is 3.12. The summed E-state index contributed by atoms with van der Waals surface area (Å²) in [6, 6.07) is 0. The Morgan fingerprint density at radius 1 is 0.968 bits per heavy atom. The molecule has 0 aromatic carbocycles. The maximum atomic E-state index is 3.12. The molecule has 1 rings (SSSR count). The maximum Gasteiger partial charge on any atom is -0.0201 e. The van der Waals surface area contributed by atoms with Gasteiger partial charge in [-0.1, -0.05) is 108 Å². The molecule has 0 heterocycles. The molecule has 0 aliphatic heterocycles. The van der Waals surface area contributed by atoms with Crippen molar-refractivity contribution in [1.82, 2.24) is 0 Å². The van der Waals surface area contributed by atoms with E-state index in [1.165, 1.54) is 70.6 Å². The third kappa shape index (κ3) is 7.72. The van der Waals surface area contributed by atoms with Gasteiger partial charge in [0.05, 0.1) is 0 Å². The lowest BCUT2D eigenvalue weighted by Gasteiger charge is -2.48. The molecule has 0 spiro atoms. The van der Waals surface area contributed by atoms with E-state index in [2.05, 4.69) is 85.4 Å². The van der Waals surface area contributed by atoms with E-state index in [4.69, 9.17) is 0 Å². The van der Waals surface area contributed by atoms with Gasteiger partial charge in [0.15, 0.2) is 0 Å². The van der Waals surface area contributed by atoms with Gasteiger partial charge >= 0.3 is 0 Å². The van der Waals surface area contributed by atoms with Crippen LogP contribution in [0.5, 0.6) is 0 Å². The minimum absolute atomic E-state index is 0.334. The van der Waals surface area contributed by atoms with Gasteiger partial charge in [-0.25, -0.2) is 0 Å². The average Bonchev–Trinajstić information content (AvgIpc) is 2.90. The van der Waals surface area contributed by atoms with Crippen LogP contribution in [0.4, 0.5) is 0 Å². The molecule has 0 bridgehead atoms. The Bertz CT molecular complexity index is 517. The first-order chi connectivity index (χ1) is 14.1. The SMILES string of the molecule is CCCC(C)(CC(C)(C)P)C(C)CCC1(C)C(C(C)CCCC(C)C)CCC1(C)CC. The fraction of sp³-hybridized carbons (Fsp3) is 1.00. The van der Waals surface area contributed by atoms with Gasteiger partial charge in [-0.15, -0.1) is 9.24 Å². The van der Waals surface area contributed by atoms with E-state index in [1.54, 1.807) is 0 Å². The lowest BCUT2D eigenvalue weighted by Crippen LogP contribution is -2.40. The second-order valence-electron chi connectivity index (χ2n) is 13.8. The predicted molar refractivity (Wildman–Crippen MR) is 147 cm³/mol. The minimum atomic E-state index is 0.334. The van der Waals surface area contributed by atoms with Crippen molar-refractivity contribution in [3.05, 3.63) is 0 Å². The van der Waals surface area contributed by atoms with Crippen molar-refractivity contribution < 1.29 is 0 Å². The molecule has 186 valence electrons. The minimum Gasteiger partial charge on any atom is -0.132 e. The number of hydrogen-bond acceptors (Lipinski definition) is 0. The average molecular weight is 453 g/mol. The smallest absolute Gasteiger partial charge is 0.0201 e. The van der Waals surface area contributed by atoms with Gasteiger partial charge in [-0.3, -0.25) is 0 Å². The van der Waals surface area contributed by atoms with E-state index in [1.807, 2.05) is 0 Å². The summed E-state index contributed by atoms with van der Waals surface area (Å²) in [6.45, 7) is 27.5. The summed E-state index contributed by atoms with van der Waals surface area (Å²) in [6.07, 6.45) is 15.3. The van der Waals surface area contributed by atoms with Crippen LogP contribution in [0.15, 0.2) is 0 Å². The summed E-state index contributed by atoms with van der Waals surface area (Å²) < 4.78 is 0. The van der Waals surface area contributed by atoms with Gasteiger partial charge in [0.25, 0.3) is 0 Å². The molecular weight excluding hydrogens is 391 g/mol. The standard InChI is InChI=1S/C30H61P/c1-12-19-28(9,22-27(7,8)31)25(6)17-21-30(11)26(18-20-29(30,10)13-2)24(5)16-14-15-23(3)4/h23-26H,12-22,31H2,1-11H3. The fourth-order valence-electron chi connectivity index (χ4n) is 7.54. The zero-order chi connectivity index (χ0) is 24.1. The Balaban J connectivity index is 2.99. The molecule has 0 nitrogen and oxygen atoms in total. The molecule has 0 radical (unpaired) electrons. The van der Waals surface area contributed by atoms with Gasteiger partial charge in [0.1, 0.15) is 0 Å². The van der Waals surface area contributed by atoms with E-state index in [-0.39, 0.29) is 0 Å². The molecule has 0 saturated heterocycles. The van der Waals surface area contributed by atoms with Crippen LogP contribution >= 0.6 is 9.24 Å². The Labute approximate surface area is 201 Å². The topological polar surface area (TPSA) is 0 Å². The fourth-order valence-corrected chi connectivity index (χ4v) is 8.01. The summed E-state index contributed by atoms with van der Waals surface area (Å²) in [5.74, 6) is 3.43. The van der Waals surface area contributed by atoms with E-state index >= 15 is 0 Å². The Kier molecular flexibility index (Phi) is 11.1. The van der Waals surface area contributed by atoms with Gasteiger partial charge < -0.3 is 0 Å². The predicted octanol–water partition coefficient (Wildman–Crippen LogP) is 10.5. The summed E-state index contributed by atoms with van der Waals surface area (Å²) in [5, 5.41) is 0.334. The quantitative estimate of drug-likeness (QED) is 0.230. The first-order valence-corrected chi connectivity index (χ1v) is 14.5. The van der Waals surface area contributed by atoms with Crippen LogP contribution in [0.25, 0.3) is 0 Å². The number of rotatable bonds is 14. The molecular formula is C30H61P. The molecule has 0 aromatic heterocycles. The lowest BCUT2D eigenvalue weighted by molar-refractivity contribution is 0.0119. The second-order valence-corrected chi connectivity index (χ2v) is 15.4. The third-order valence-electron chi connectivity index (χ3n) is 10.1. The van der Waals surface area contributed by atoms with Crippen molar-refractivity contribution in [2.24, 2.45) is 39.9 Å². The van der Waals surface area contributed by atoms with Crippen molar-refractivity contribution in [3.63, 3.8) is 0 Å². The highest BCUT2D eigenvalue weighted by Crippen LogP contribution is 2.63. The molecule has 0 amide bonds. The maximum absolute atomic E-state index is 3.12. The molecule has 1 heteroatoms. The Hall–Kier alpha value is 0.430. The van der Waals surface area contributed by atoms with E-state index in [0.29, 0.717) is 21.4 Å². The largest absolute Gasteiger partial charge is 0.132 e. The molecule has 1 fully saturated rings. The molecule has 1 aliphatic carbocycles. The monoisotopic (exact) mass is 452 g/mol. The molecule has 1 aliphatic rings. The van der Waals surface area contributed by atoms with Gasteiger partial charge in [-0.05, 0) is 83.6 Å². The van der Waals surface area contributed by atoms with Crippen LogP contribution in [-0.2, 0) is 0 Å². The van der Waals surface area contributed by atoms with Gasteiger partial charge in [0.2, 0.25) is 0 Å². The zero-order valence-corrected chi connectivity index (χ0v) is 24.8. The van der Waals surface area contributed by atoms with Crippen molar-refractivity contribution in [2.45, 2.75) is 152 Å². The Morgan fingerprint density at radius 2 is 1.58 bits per heavy atom. The highest BCUT2D eigenvalue weighted by Gasteiger charge is 2.54. The van der Waals surface area contributed by atoms with Crippen LogP contribution < -0.4 is 0 Å². The Morgan fingerprint density at radius 3 is 2.06 bits per heavy atom. The van der Waals surface area contributed by atoms with Crippen LogP contribution in [0.2, 0.25) is 0 Å². The second kappa shape index (κ2) is 11.7. The molecule has 1 saturated carbocycles. The van der Waals surface area contributed by atoms with Crippen LogP contribution in [0.1, 0.15) is 147 Å². The molecule has 0 aromatic rings. The normalized spacial score (nSPS) is 31.1. The first kappa shape index (κ1) is 29.5. The molecule has 7 unspecified atom stereocenters.